The molecule has 1 aromatic heterocycles. The van der Waals surface area contributed by atoms with Crippen molar-refractivity contribution in [1.29, 1.82) is 5.26 Å². The van der Waals surface area contributed by atoms with Crippen molar-refractivity contribution in [3.63, 3.8) is 0 Å². The Kier molecular flexibility index (Phi) is 3.20. The summed E-state index contributed by atoms with van der Waals surface area (Å²) >= 11 is 0. The third kappa shape index (κ3) is 2.17. The number of hydrogen-bond acceptors (Lipinski definition) is 5. The maximum Gasteiger partial charge on any atom is 0.231 e. The van der Waals surface area contributed by atoms with Crippen molar-refractivity contribution in [3.05, 3.63) is 18.0 Å². The van der Waals surface area contributed by atoms with Crippen LogP contribution in [0.4, 0.5) is 0 Å². The van der Waals surface area contributed by atoms with Crippen molar-refractivity contribution >= 4 is 11.0 Å². The van der Waals surface area contributed by atoms with Gasteiger partial charge in [0.1, 0.15) is 5.82 Å². The van der Waals surface area contributed by atoms with Gasteiger partial charge in [0.2, 0.25) is 6.79 Å². The van der Waals surface area contributed by atoms with E-state index in [2.05, 4.69) is 20.5 Å². The van der Waals surface area contributed by atoms with Crippen LogP contribution in [0.1, 0.15) is 12.2 Å². The van der Waals surface area contributed by atoms with Gasteiger partial charge in [-0.3, -0.25) is 0 Å². The van der Waals surface area contributed by atoms with Crippen molar-refractivity contribution < 1.29 is 9.47 Å². The number of imidazole rings is 1. The van der Waals surface area contributed by atoms with E-state index in [9.17, 15) is 0 Å². The van der Waals surface area contributed by atoms with Gasteiger partial charge >= 0.3 is 0 Å². The fourth-order valence-electron chi connectivity index (χ4n) is 2.38. The molecule has 0 saturated carbocycles. The van der Waals surface area contributed by atoms with Crippen LogP contribution in [0.5, 0.6) is 11.5 Å². The highest BCUT2D eigenvalue weighted by atomic mass is 16.7. The molecule has 0 aliphatic carbocycles. The monoisotopic (exact) mass is 272 g/mol. The SMILES string of the molecule is CN(C)Cc1nc2cc3c(cc2n1CCC#N)OCO3. The molecule has 0 fully saturated rings. The average molecular weight is 272 g/mol. The largest absolute Gasteiger partial charge is 0.454 e. The molecule has 104 valence electrons. The third-order valence-electron chi connectivity index (χ3n) is 3.23. The van der Waals surface area contributed by atoms with Crippen LogP contribution >= 0.6 is 0 Å². The Balaban J connectivity index is 2.10. The second-order valence-corrected chi connectivity index (χ2v) is 5.02. The maximum atomic E-state index is 8.83. The van der Waals surface area contributed by atoms with E-state index >= 15 is 0 Å². The number of ether oxygens (including phenoxy) is 2. The fraction of sp³-hybridized carbons (Fsp3) is 0.429. The lowest BCUT2D eigenvalue weighted by Gasteiger charge is -2.11. The van der Waals surface area contributed by atoms with Crippen LogP contribution in [0, 0.1) is 11.3 Å². The van der Waals surface area contributed by atoms with Gasteiger partial charge in [-0.15, -0.1) is 0 Å². The van der Waals surface area contributed by atoms with E-state index in [-0.39, 0.29) is 6.79 Å². The summed E-state index contributed by atoms with van der Waals surface area (Å²) in [6.07, 6.45) is 0.459. The van der Waals surface area contributed by atoms with Crippen LogP contribution in [0.3, 0.4) is 0 Å². The summed E-state index contributed by atoms with van der Waals surface area (Å²) < 4.78 is 12.9. The second kappa shape index (κ2) is 5.02. The number of hydrogen-bond donors (Lipinski definition) is 0. The Morgan fingerprint density at radius 3 is 2.80 bits per heavy atom. The highest BCUT2D eigenvalue weighted by Crippen LogP contribution is 2.36. The summed E-state index contributed by atoms with van der Waals surface area (Å²) in [4.78, 5) is 6.72. The summed E-state index contributed by atoms with van der Waals surface area (Å²) in [5, 5.41) is 8.83. The molecular weight excluding hydrogens is 256 g/mol. The van der Waals surface area contributed by atoms with E-state index in [0.29, 0.717) is 13.0 Å². The van der Waals surface area contributed by atoms with Crippen LogP contribution in [0.25, 0.3) is 11.0 Å². The van der Waals surface area contributed by atoms with Crippen LogP contribution in [-0.2, 0) is 13.1 Å². The molecule has 1 aliphatic heterocycles. The number of aromatic nitrogens is 2. The number of nitrogens with zero attached hydrogens (tertiary/aromatic N) is 4. The second-order valence-electron chi connectivity index (χ2n) is 5.02. The molecule has 0 N–H and O–H groups in total. The minimum absolute atomic E-state index is 0.255. The van der Waals surface area contributed by atoms with Crippen molar-refractivity contribution in [2.75, 3.05) is 20.9 Å². The normalized spacial score (nSPS) is 13.1. The number of nitriles is 1. The van der Waals surface area contributed by atoms with Gasteiger partial charge in [-0.1, -0.05) is 0 Å². The number of benzene rings is 1. The smallest absolute Gasteiger partial charge is 0.231 e. The maximum absolute atomic E-state index is 8.83. The lowest BCUT2D eigenvalue weighted by Crippen LogP contribution is -2.15. The zero-order chi connectivity index (χ0) is 14.1. The molecule has 0 spiro atoms. The first kappa shape index (κ1) is 12.8. The lowest BCUT2D eigenvalue weighted by atomic mass is 10.2. The van der Waals surface area contributed by atoms with E-state index < -0.39 is 0 Å². The van der Waals surface area contributed by atoms with Crippen LogP contribution in [-0.4, -0.2) is 35.3 Å². The van der Waals surface area contributed by atoms with E-state index in [0.717, 1.165) is 34.9 Å². The van der Waals surface area contributed by atoms with Gasteiger partial charge in [-0.25, -0.2) is 4.98 Å². The van der Waals surface area contributed by atoms with Crippen molar-refractivity contribution in [2.45, 2.75) is 19.5 Å². The van der Waals surface area contributed by atoms with E-state index in [1.807, 2.05) is 26.2 Å². The Morgan fingerprint density at radius 2 is 2.10 bits per heavy atom. The molecule has 0 saturated heterocycles. The van der Waals surface area contributed by atoms with Crippen LogP contribution in [0.2, 0.25) is 0 Å². The molecule has 0 bridgehead atoms. The van der Waals surface area contributed by atoms with Crippen molar-refractivity contribution in [1.82, 2.24) is 14.5 Å². The molecule has 3 rings (SSSR count). The van der Waals surface area contributed by atoms with Gasteiger partial charge in [0, 0.05) is 18.7 Å². The molecule has 2 heterocycles. The third-order valence-corrected chi connectivity index (χ3v) is 3.23. The standard InChI is InChI=1S/C14H16N4O2/c1-17(2)8-14-16-10-6-12-13(20-9-19-12)7-11(10)18(14)5-3-4-15/h6-7H,3,5,8-9H2,1-2H3. The fourth-order valence-corrected chi connectivity index (χ4v) is 2.38. The molecule has 1 aromatic carbocycles. The lowest BCUT2D eigenvalue weighted by molar-refractivity contribution is 0.174. The Labute approximate surface area is 117 Å². The summed E-state index contributed by atoms with van der Waals surface area (Å²) in [6, 6.07) is 6.03. The molecule has 20 heavy (non-hydrogen) atoms. The first-order valence-electron chi connectivity index (χ1n) is 6.49. The van der Waals surface area contributed by atoms with Crippen molar-refractivity contribution in [3.8, 4) is 17.6 Å². The highest BCUT2D eigenvalue weighted by Gasteiger charge is 2.19. The predicted octanol–water partition coefficient (Wildman–Crippen LogP) is 1.74. The molecule has 0 amide bonds. The summed E-state index contributed by atoms with van der Waals surface area (Å²) in [5.41, 5.74) is 1.87. The molecule has 1 aliphatic rings. The zero-order valence-corrected chi connectivity index (χ0v) is 11.6. The number of rotatable bonds is 4. The molecular formula is C14H16N4O2. The molecule has 0 unspecified atom stereocenters. The molecule has 6 heteroatoms. The van der Waals surface area contributed by atoms with E-state index in [4.69, 9.17) is 14.7 Å². The molecule has 0 radical (unpaired) electrons. The summed E-state index contributed by atoms with van der Waals surface area (Å²) in [5.74, 6) is 2.43. The minimum atomic E-state index is 0.255. The highest BCUT2D eigenvalue weighted by molar-refractivity contribution is 5.81. The Bertz CT molecular complexity index is 685. The minimum Gasteiger partial charge on any atom is -0.454 e. The molecule has 2 aromatic rings. The quantitative estimate of drug-likeness (QED) is 0.848. The van der Waals surface area contributed by atoms with Crippen LogP contribution in [0.15, 0.2) is 12.1 Å². The first-order chi connectivity index (χ1) is 9.69. The van der Waals surface area contributed by atoms with Crippen LogP contribution < -0.4 is 9.47 Å². The summed E-state index contributed by atoms with van der Waals surface area (Å²) in [7, 11) is 4.00. The summed E-state index contributed by atoms with van der Waals surface area (Å²) in [6.45, 7) is 1.62. The molecule has 6 nitrogen and oxygen atoms in total. The zero-order valence-electron chi connectivity index (χ0n) is 11.6. The average Bonchev–Trinajstić information content (AvgIpc) is 2.96. The van der Waals surface area contributed by atoms with Crippen molar-refractivity contribution in [2.24, 2.45) is 0 Å². The van der Waals surface area contributed by atoms with Gasteiger partial charge in [0.05, 0.1) is 30.1 Å². The van der Waals surface area contributed by atoms with Gasteiger partial charge in [-0.05, 0) is 14.1 Å². The molecule has 0 atom stereocenters. The predicted molar refractivity (Wildman–Crippen MR) is 73.5 cm³/mol. The van der Waals surface area contributed by atoms with Gasteiger partial charge in [0.25, 0.3) is 0 Å². The Morgan fingerprint density at radius 1 is 1.35 bits per heavy atom. The van der Waals surface area contributed by atoms with Gasteiger partial charge < -0.3 is 18.9 Å². The van der Waals surface area contributed by atoms with E-state index in [1.165, 1.54) is 0 Å². The van der Waals surface area contributed by atoms with E-state index in [1.54, 1.807) is 0 Å². The first-order valence-corrected chi connectivity index (χ1v) is 6.49. The number of aryl methyl sites for hydroxylation is 1. The Hall–Kier alpha value is -2.26. The number of fused-ring (bicyclic) bond motifs is 2. The van der Waals surface area contributed by atoms with Gasteiger partial charge in [-0.2, -0.15) is 5.26 Å². The van der Waals surface area contributed by atoms with Gasteiger partial charge in [0.15, 0.2) is 11.5 Å². The topological polar surface area (TPSA) is 63.3 Å².